The highest BCUT2D eigenvalue weighted by molar-refractivity contribution is 5.78. The molecule has 1 aromatic carbocycles. The van der Waals surface area contributed by atoms with Crippen LogP contribution in [-0.2, 0) is 16.0 Å². The SMILES string of the molecule is O=C(CCCC=CCN1C(=O)CCC[C@@H]1C=CC(O)Cc1ccccc1)NC1CC1. The molecular weight excluding hydrogens is 376 g/mol. The normalized spacial score (nSPS) is 20.8. The van der Waals surface area contributed by atoms with Crippen molar-refractivity contribution < 1.29 is 14.7 Å². The highest BCUT2D eigenvalue weighted by Gasteiger charge is 2.25. The van der Waals surface area contributed by atoms with E-state index in [9.17, 15) is 14.7 Å². The van der Waals surface area contributed by atoms with Crippen molar-refractivity contribution in [2.75, 3.05) is 6.54 Å². The van der Waals surface area contributed by atoms with Gasteiger partial charge in [0.15, 0.2) is 0 Å². The van der Waals surface area contributed by atoms with Crippen LogP contribution in [0.1, 0.15) is 56.9 Å². The third-order valence-corrected chi connectivity index (χ3v) is 5.64. The number of aliphatic hydroxyl groups is 1. The van der Waals surface area contributed by atoms with Crippen LogP contribution >= 0.6 is 0 Å². The second-order valence-electron chi connectivity index (χ2n) is 8.35. The number of carbonyl (C=O) groups is 2. The van der Waals surface area contributed by atoms with Gasteiger partial charge in [-0.15, -0.1) is 0 Å². The van der Waals surface area contributed by atoms with Crippen molar-refractivity contribution in [3.63, 3.8) is 0 Å². The smallest absolute Gasteiger partial charge is 0.223 e. The number of hydrogen-bond acceptors (Lipinski definition) is 3. The molecule has 2 N–H and O–H groups in total. The highest BCUT2D eigenvalue weighted by atomic mass is 16.3. The van der Waals surface area contributed by atoms with E-state index in [1.807, 2.05) is 53.5 Å². The second kappa shape index (κ2) is 11.7. The molecule has 2 fully saturated rings. The van der Waals surface area contributed by atoms with Gasteiger partial charge in [0.25, 0.3) is 0 Å². The summed E-state index contributed by atoms with van der Waals surface area (Å²) in [5.41, 5.74) is 1.10. The van der Waals surface area contributed by atoms with Gasteiger partial charge in [-0.2, -0.15) is 0 Å². The molecule has 1 saturated heterocycles. The summed E-state index contributed by atoms with van der Waals surface area (Å²) in [6, 6.07) is 10.4. The van der Waals surface area contributed by atoms with Crippen LogP contribution in [0.3, 0.4) is 0 Å². The third kappa shape index (κ3) is 7.79. The molecule has 2 amide bonds. The highest BCUT2D eigenvalue weighted by Crippen LogP contribution is 2.20. The minimum Gasteiger partial charge on any atom is -0.389 e. The number of unbranched alkanes of at least 4 members (excludes halogenated alkanes) is 1. The number of aliphatic hydroxyl groups excluding tert-OH is 1. The van der Waals surface area contributed by atoms with Crippen LogP contribution in [0.4, 0.5) is 0 Å². The van der Waals surface area contributed by atoms with Gasteiger partial charge in [0.2, 0.25) is 11.8 Å². The van der Waals surface area contributed by atoms with Crippen molar-refractivity contribution in [2.45, 2.75) is 76.0 Å². The number of hydrogen-bond donors (Lipinski definition) is 2. The molecule has 1 unspecified atom stereocenters. The molecule has 1 aliphatic carbocycles. The van der Waals surface area contributed by atoms with Crippen LogP contribution in [0.2, 0.25) is 0 Å². The number of piperidine rings is 1. The van der Waals surface area contributed by atoms with Gasteiger partial charge < -0.3 is 15.3 Å². The molecule has 0 radical (unpaired) electrons. The summed E-state index contributed by atoms with van der Waals surface area (Å²) in [7, 11) is 0. The molecule has 5 nitrogen and oxygen atoms in total. The lowest BCUT2D eigenvalue weighted by Crippen LogP contribution is -2.42. The molecule has 1 saturated carbocycles. The topological polar surface area (TPSA) is 69.6 Å². The molecule has 2 atom stereocenters. The van der Waals surface area contributed by atoms with Crippen LogP contribution in [0.5, 0.6) is 0 Å². The number of carbonyl (C=O) groups excluding carboxylic acids is 2. The Bertz CT molecular complexity index is 740. The van der Waals surface area contributed by atoms with E-state index in [-0.39, 0.29) is 17.9 Å². The summed E-state index contributed by atoms with van der Waals surface area (Å²) >= 11 is 0. The molecule has 1 aliphatic heterocycles. The predicted molar refractivity (Wildman–Crippen MR) is 119 cm³/mol. The van der Waals surface area contributed by atoms with E-state index in [0.717, 1.165) is 44.1 Å². The molecule has 2 aliphatic rings. The zero-order chi connectivity index (χ0) is 21.2. The van der Waals surface area contributed by atoms with Gasteiger partial charge in [-0.05, 0) is 44.1 Å². The lowest BCUT2D eigenvalue weighted by atomic mass is 9.99. The Labute approximate surface area is 179 Å². The third-order valence-electron chi connectivity index (χ3n) is 5.64. The van der Waals surface area contributed by atoms with Gasteiger partial charge >= 0.3 is 0 Å². The van der Waals surface area contributed by atoms with Gasteiger partial charge in [0.05, 0.1) is 12.1 Å². The average Bonchev–Trinajstić information content (AvgIpc) is 3.55. The first-order chi connectivity index (χ1) is 14.6. The molecule has 5 heteroatoms. The number of nitrogens with one attached hydrogen (secondary N) is 1. The zero-order valence-corrected chi connectivity index (χ0v) is 17.7. The van der Waals surface area contributed by atoms with Crippen molar-refractivity contribution in [1.82, 2.24) is 10.2 Å². The molecule has 3 rings (SSSR count). The number of rotatable bonds is 11. The Hall–Kier alpha value is -2.40. The maximum atomic E-state index is 12.4. The van der Waals surface area contributed by atoms with Crippen LogP contribution in [0.15, 0.2) is 54.6 Å². The molecule has 162 valence electrons. The Morgan fingerprint density at radius 2 is 2.00 bits per heavy atom. The second-order valence-corrected chi connectivity index (χ2v) is 8.35. The fourth-order valence-electron chi connectivity index (χ4n) is 3.78. The van der Waals surface area contributed by atoms with Crippen molar-refractivity contribution in [3.8, 4) is 0 Å². The van der Waals surface area contributed by atoms with Gasteiger partial charge in [0, 0.05) is 31.8 Å². The van der Waals surface area contributed by atoms with Crippen molar-refractivity contribution in [1.29, 1.82) is 0 Å². The summed E-state index contributed by atoms with van der Waals surface area (Å²) in [4.78, 5) is 26.0. The quantitative estimate of drug-likeness (QED) is 0.433. The average molecular weight is 411 g/mol. The zero-order valence-electron chi connectivity index (χ0n) is 17.7. The fraction of sp³-hybridized carbons (Fsp3) is 0.520. The molecule has 1 heterocycles. The van der Waals surface area contributed by atoms with E-state index < -0.39 is 6.10 Å². The van der Waals surface area contributed by atoms with E-state index >= 15 is 0 Å². The summed E-state index contributed by atoms with van der Waals surface area (Å²) in [6.45, 7) is 0.580. The molecule has 0 aromatic heterocycles. The van der Waals surface area contributed by atoms with Crippen LogP contribution < -0.4 is 5.32 Å². The van der Waals surface area contributed by atoms with Gasteiger partial charge in [-0.1, -0.05) is 54.6 Å². The summed E-state index contributed by atoms with van der Waals surface area (Å²) in [5, 5.41) is 13.3. The Kier molecular flexibility index (Phi) is 8.69. The number of nitrogens with zero attached hydrogens (tertiary/aromatic N) is 1. The van der Waals surface area contributed by atoms with E-state index in [0.29, 0.717) is 31.8 Å². The van der Waals surface area contributed by atoms with Crippen molar-refractivity contribution >= 4 is 11.8 Å². The van der Waals surface area contributed by atoms with E-state index in [4.69, 9.17) is 0 Å². The number of likely N-dealkylation sites (tertiary alicyclic amines) is 1. The maximum absolute atomic E-state index is 12.4. The predicted octanol–water partition coefficient (Wildman–Crippen LogP) is 3.53. The first-order valence-electron chi connectivity index (χ1n) is 11.3. The standard InChI is InChI=1S/C25H34N2O3/c28-23(19-20-9-4-3-5-10-20)17-16-22-11-8-13-25(30)27(22)18-7-2-1-6-12-24(29)26-21-14-15-21/h2-5,7,9-10,16-17,21-23,28H,1,6,8,11-15,18-19H2,(H,26,29)/t22-,23?/m1/s1. The minimum absolute atomic E-state index is 0.0330. The molecule has 30 heavy (non-hydrogen) atoms. The molecular formula is C25H34N2O3. The Morgan fingerprint density at radius 3 is 2.77 bits per heavy atom. The number of allylic oxidation sites excluding steroid dienone is 1. The van der Waals surface area contributed by atoms with Crippen molar-refractivity contribution in [2.24, 2.45) is 0 Å². The molecule has 0 spiro atoms. The largest absolute Gasteiger partial charge is 0.389 e. The van der Waals surface area contributed by atoms with Gasteiger partial charge in [-0.3, -0.25) is 9.59 Å². The Morgan fingerprint density at radius 1 is 1.20 bits per heavy atom. The fourth-order valence-corrected chi connectivity index (χ4v) is 3.78. The van der Waals surface area contributed by atoms with Crippen LogP contribution in [0.25, 0.3) is 0 Å². The minimum atomic E-state index is -0.552. The monoisotopic (exact) mass is 410 g/mol. The van der Waals surface area contributed by atoms with Crippen LogP contribution in [-0.4, -0.2) is 46.6 Å². The van der Waals surface area contributed by atoms with Gasteiger partial charge in [0.1, 0.15) is 0 Å². The van der Waals surface area contributed by atoms with Gasteiger partial charge in [-0.25, -0.2) is 0 Å². The number of amides is 2. The summed E-state index contributed by atoms with van der Waals surface area (Å²) in [5.74, 6) is 0.318. The molecule has 0 bridgehead atoms. The lowest BCUT2D eigenvalue weighted by molar-refractivity contribution is -0.134. The van der Waals surface area contributed by atoms with Crippen molar-refractivity contribution in [3.05, 3.63) is 60.2 Å². The first kappa shape index (κ1) is 22.3. The maximum Gasteiger partial charge on any atom is 0.223 e. The van der Waals surface area contributed by atoms with E-state index in [1.165, 1.54) is 0 Å². The molecule has 1 aromatic rings. The Balaban J connectivity index is 1.41. The number of benzene rings is 1. The lowest BCUT2D eigenvalue weighted by Gasteiger charge is -2.33. The summed E-state index contributed by atoms with van der Waals surface area (Å²) in [6.07, 6.45) is 14.8. The van der Waals surface area contributed by atoms with Crippen LogP contribution in [0, 0.1) is 0 Å². The first-order valence-corrected chi connectivity index (χ1v) is 11.3. The van der Waals surface area contributed by atoms with E-state index in [1.54, 1.807) is 0 Å². The van der Waals surface area contributed by atoms with E-state index in [2.05, 4.69) is 11.4 Å². The summed E-state index contributed by atoms with van der Waals surface area (Å²) < 4.78 is 0.